The normalized spacial score (nSPS) is 11.7. The van der Waals surface area contributed by atoms with Gasteiger partial charge in [0.15, 0.2) is 27.3 Å². The van der Waals surface area contributed by atoms with Crippen LogP contribution in [0.25, 0.3) is 32.3 Å². The molecule has 4 aromatic rings. The van der Waals surface area contributed by atoms with Gasteiger partial charge in [0.1, 0.15) is 0 Å². The van der Waals surface area contributed by atoms with Crippen LogP contribution < -0.4 is 0 Å². The van der Waals surface area contributed by atoms with Gasteiger partial charge in [-0.1, -0.05) is 24.3 Å². The van der Waals surface area contributed by atoms with Crippen LogP contribution in [0, 0.1) is 11.6 Å². The number of hydrogen-bond donors (Lipinski definition) is 1. The van der Waals surface area contributed by atoms with Crippen molar-refractivity contribution in [2.75, 3.05) is 6.26 Å². The Balaban J connectivity index is 1.92. The van der Waals surface area contributed by atoms with Gasteiger partial charge in [0.05, 0.1) is 9.77 Å². The Labute approximate surface area is 162 Å². The van der Waals surface area contributed by atoms with E-state index >= 15 is 0 Å². The lowest BCUT2D eigenvalue weighted by Crippen LogP contribution is -1.96. The van der Waals surface area contributed by atoms with Gasteiger partial charge in [0.2, 0.25) is 0 Å². The molecule has 0 amide bonds. The molecule has 0 aliphatic heterocycles. The predicted molar refractivity (Wildman–Crippen MR) is 101 cm³/mol. The average molecular weight is 418 g/mol. The third-order valence-electron chi connectivity index (χ3n) is 4.10. The van der Waals surface area contributed by atoms with Crippen molar-refractivity contribution in [2.45, 2.75) is 4.90 Å². The summed E-state index contributed by atoms with van der Waals surface area (Å²) < 4.78 is 51.6. The second-order valence-electron chi connectivity index (χ2n) is 6.00. The molecule has 0 aliphatic rings. The minimum absolute atomic E-state index is 0.0946. The number of H-pyrrole nitrogens is 1. The number of rotatable bonds is 4. The van der Waals surface area contributed by atoms with Crippen LogP contribution in [0.3, 0.4) is 0 Å². The van der Waals surface area contributed by atoms with Crippen LogP contribution in [0.15, 0.2) is 53.4 Å². The van der Waals surface area contributed by atoms with Crippen molar-refractivity contribution in [2.24, 2.45) is 0 Å². The van der Waals surface area contributed by atoms with Crippen molar-refractivity contribution < 1.29 is 17.2 Å². The molecular formula is C18H12F2N4O2S2. The van der Waals surface area contributed by atoms with E-state index < -0.39 is 21.5 Å². The van der Waals surface area contributed by atoms with Crippen molar-refractivity contribution in [1.29, 1.82) is 0 Å². The quantitative estimate of drug-likeness (QED) is 0.542. The number of halogens is 2. The fourth-order valence-corrected chi connectivity index (χ4v) is 4.49. The van der Waals surface area contributed by atoms with Crippen molar-refractivity contribution in [3.05, 3.63) is 60.2 Å². The minimum atomic E-state index is -3.34. The van der Waals surface area contributed by atoms with Crippen LogP contribution in [0.5, 0.6) is 0 Å². The second-order valence-corrected chi connectivity index (χ2v) is 9.07. The first-order chi connectivity index (χ1) is 13.3. The summed E-state index contributed by atoms with van der Waals surface area (Å²) in [5, 5.41) is 13.6. The van der Waals surface area contributed by atoms with Gasteiger partial charge in [-0.25, -0.2) is 22.3 Å². The van der Waals surface area contributed by atoms with Crippen LogP contribution in [0.1, 0.15) is 0 Å². The Morgan fingerprint density at radius 2 is 1.79 bits per heavy atom. The molecule has 0 unspecified atom stereocenters. The molecule has 0 saturated carbocycles. The highest BCUT2D eigenvalue weighted by Crippen LogP contribution is 2.43. The molecule has 0 spiro atoms. The zero-order valence-corrected chi connectivity index (χ0v) is 16.0. The SMILES string of the molecule is CS(=O)(=O)c1ccc(-c2sc(-c3nnn[nH]3)cc2-c2cccc(F)c2F)cc1. The molecule has 0 saturated heterocycles. The van der Waals surface area contributed by atoms with E-state index in [1.165, 1.54) is 35.6 Å². The van der Waals surface area contributed by atoms with Gasteiger partial charge in [-0.3, -0.25) is 0 Å². The second kappa shape index (κ2) is 6.88. The largest absolute Gasteiger partial charge is 0.238 e. The molecule has 28 heavy (non-hydrogen) atoms. The number of aromatic nitrogens is 4. The van der Waals surface area contributed by atoms with E-state index in [1.807, 2.05) is 0 Å². The summed E-state index contributed by atoms with van der Waals surface area (Å²) >= 11 is 1.28. The molecule has 6 nitrogen and oxygen atoms in total. The van der Waals surface area contributed by atoms with Crippen molar-refractivity contribution in [3.63, 3.8) is 0 Å². The molecule has 0 bridgehead atoms. The van der Waals surface area contributed by atoms with Crippen LogP contribution in [-0.2, 0) is 9.84 Å². The Morgan fingerprint density at radius 1 is 1.04 bits per heavy atom. The summed E-state index contributed by atoms with van der Waals surface area (Å²) in [6.45, 7) is 0. The maximum absolute atomic E-state index is 14.5. The Kier molecular flexibility index (Phi) is 4.52. The molecule has 4 rings (SSSR count). The first-order valence-corrected chi connectivity index (χ1v) is 10.7. The first kappa shape index (κ1) is 18.4. The number of sulfone groups is 1. The standard InChI is InChI=1S/C18H12F2N4O2S2/c1-28(25,26)11-7-5-10(6-8-11)17-13(12-3-2-4-14(19)16(12)20)9-15(27-17)18-21-23-24-22-18/h2-9H,1H3,(H,21,22,23,24). The number of benzene rings is 2. The Hall–Kier alpha value is -2.98. The molecule has 2 aromatic carbocycles. The third kappa shape index (κ3) is 3.32. The first-order valence-electron chi connectivity index (χ1n) is 7.97. The van der Waals surface area contributed by atoms with Crippen molar-refractivity contribution >= 4 is 21.2 Å². The van der Waals surface area contributed by atoms with Gasteiger partial charge in [-0.05, 0) is 40.3 Å². The molecule has 0 aliphatic carbocycles. The molecule has 2 aromatic heterocycles. The number of thiophene rings is 1. The zero-order chi connectivity index (χ0) is 19.9. The monoisotopic (exact) mass is 418 g/mol. The lowest BCUT2D eigenvalue weighted by atomic mass is 10.0. The summed E-state index contributed by atoms with van der Waals surface area (Å²) in [6, 6.07) is 11.8. The number of tetrazole rings is 1. The molecule has 1 N–H and O–H groups in total. The summed E-state index contributed by atoms with van der Waals surface area (Å²) in [6.07, 6.45) is 1.12. The molecular weight excluding hydrogens is 406 g/mol. The maximum atomic E-state index is 14.5. The van der Waals surface area contributed by atoms with E-state index in [2.05, 4.69) is 20.6 Å². The molecule has 2 heterocycles. The summed E-state index contributed by atoms with van der Waals surface area (Å²) in [5.74, 6) is -1.52. The van der Waals surface area contributed by atoms with Crippen LogP contribution >= 0.6 is 11.3 Å². The van der Waals surface area contributed by atoms with E-state index in [0.29, 0.717) is 26.7 Å². The average Bonchev–Trinajstić information content (AvgIpc) is 3.33. The summed E-state index contributed by atoms with van der Waals surface area (Å²) in [5.41, 5.74) is 1.22. The molecule has 0 atom stereocenters. The fourth-order valence-electron chi connectivity index (χ4n) is 2.75. The maximum Gasteiger partial charge on any atom is 0.189 e. The number of aromatic amines is 1. The highest BCUT2D eigenvalue weighted by atomic mass is 32.2. The summed E-state index contributed by atoms with van der Waals surface area (Å²) in [4.78, 5) is 1.44. The Bertz CT molecular complexity index is 1250. The topological polar surface area (TPSA) is 88.6 Å². The van der Waals surface area contributed by atoms with E-state index in [-0.39, 0.29) is 10.5 Å². The third-order valence-corrected chi connectivity index (χ3v) is 6.42. The van der Waals surface area contributed by atoms with Crippen LogP contribution in [0.4, 0.5) is 8.78 Å². The smallest absolute Gasteiger partial charge is 0.189 e. The molecule has 0 fully saturated rings. The van der Waals surface area contributed by atoms with Gasteiger partial charge >= 0.3 is 0 Å². The molecule has 0 radical (unpaired) electrons. The zero-order valence-electron chi connectivity index (χ0n) is 14.3. The van der Waals surface area contributed by atoms with Crippen molar-refractivity contribution in [1.82, 2.24) is 20.6 Å². The van der Waals surface area contributed by atoms with Crippen LogP contribution in [0.2, 0.25) is 0 Å². The number of nitrogens with zero attached hydrogens (tertiary/aromatic N) is 3. The van der Waals surface area contributed by atoms with Gasteiger partial charge < -0.3 is 0 Å². The highest BCUT2D eigenvalue weighted by molar-refractivity contribution is 7.90. The number of nitrogens with one attached hydrogen (secondary N) is 1. The lowest BCUT2D eigenvalue weighted by Gasteiger charge is -2.07. The van der Waals surface area contributed by atoms with Gasteiger partial charge in [-0.15, -0.1) is 16.4 Å². The van der Waals surface area contributed by atoms with Gasteiger partial charge in [0.25, 0.3) is 0 Å². The Morgan fingerprint density at radius 3 is 2.43 bits per heavy atom. The van der Waals surface area contributed by atoms with E-state index in [9.17, 15) is 17.2 Å². The van der Waals surface area contributed by atoms with Gasteiger partial charge in [-0.2, -0.15) is 0 Å². The number of hydrogen-bond acceptors (Lipinski definition) is 6. The lowest BCUT2D eigenvalue weighted by molar-refractivity contribution is 0.511. The predicted octanol–water partition coefficient (Wildman–Crippen LogP) is 3.94. The molecule has 10 heteroatoms. The summed E-state index contributed by atoms with van der Waals surface area (Å²) in [7, 11) is -3.34. The minimum Gasteiger partial charge on any atom is -0.238 e. The van der Waals surface area contributed by atoms with Crippen molar-refractivity contribution in [3.8, 4) is 32.3 Å². The van der Waals surface area contributed by atoms with Gasteiger partial charge in [0, 0.05) is 22.3 Å². The molecule has 142 valence electrons. The van der Waals surface area contributed by atoms with E-state index in [0.717, 1.165) is 12.3 Å². The van der Waals surface area contributed by atoms with Crippen LogP contribution in [-0.4, -0.2) is 35.3 Å². The van der Waals surface area contributed by atoms with E-state index in [1.54, 1.807) is 18.2 Å². The van der Waals surface area contributed by atoms with E-state index in [4.69, 9.17) is 0 Å². The highest BCUT2D eigenvalue weighted by Gasteiger charge is 2.20. The fraction of sp³-hybridized carbons (Fsp3) is 0.0556.